The van der Waals surface area contributed by atoms with E-state index < -0.39 is 0 Å². The summed E-state index contributed by atoms with van der Waals surface area (Å²) in [6, 6.07) is 0. The van der Waals surface area contributed by atoms with E-state index in [0.29, 0.717) is 5.78 Å². The predicted molar refractivity (Wildman–Crippen MR) is 47.8 cm³/mol. The van der Waals surface area contributed by atoms with Crippen LogP contribution >= 0.6 is 11.8 Å². The molecule has 0 aromatic rings. The molecule has 2 fully saturated rings. The van der Waals surface area contributed by atoms with Crippen molar-refractivity contribution >= 4 is 17.5 Å². The van der Waals surface area contributed by atoms with Crippen LogP contribution in [0.1, 0.15) is 25.7 Å². The zero-order valence-electron chi connectivity index (χ0n) is 6.71. The number of carbonyl (C=O) groups excluding carboxylic acids is 1. The van der Waals surface area contributed by atoms with Gasteiger partial charge in [-0.15, -0.1) is 0 Å². The Morgan fingerprint density at radius 3 is 3.09 bits per heavy atom. The zero-order valence-corrected chi connectivity index (χ0v) is 7.53. The first-order valence-corrected chi connectivity index (χ1v) is 5.61. The van der Waals surface area contributed by atoms with Crippen molar-refractivity contribution < 1.29 is 4.79 Å². The van der Waals surface area contributed by atoms with Crippen molar-refractivity contribution in [3.8, 4) is 0 Å². The molecular formula is C9H14OS. The molecule has 2 heteroatoms. The fourth-order valence-electron chi connectivity index (χ4n) is 2.17. The summed E-state index contributed by atoms with van der Waals surface area (Å²) >= 11 is 2.07. The molecule has 0 N–H and O–H groups in total. The highest BCUT2D eigenvalue weighted by atomic mass is 32.2. The van der Waals surface area contributed by atoms with Crippen LogP contribution in [0.2, 0.25) is 0 Å². The van der Waals surface area contributed by atoms with Gasteiger partial charge in [0.2, 0.25) is 0 Å². The van der Waals surface area contributed by atoms with E-state index in [1.807, 2.05) is 0 Å². The van der Waals surface area contributed by atoms with Gasteiger partial charge >= 0.3 is 0 Å². The number of rotatable bonds is 0. The highest BCUT2D eigenvalue weighted by Crippen LogP contribution is 2.37. The molecule has 0 aromatic heterocycles. The van der Waals surface area contributed by atoms with Crippen molar-refractivity contribution in [1.82, 2.24) is 0 Å². The molecule has 2 atom stereocenters. The van der Waals surface area contributed by atoms with Crippen LogP contribution in [-0.4, -0.2) is 17.3 Å². The van der Waals surface area contributed by atoms with Crippen molar-refractivity contribution in [3.05, 3.63) is 0 Å². The standard InChI is InChI=1S/C9H14OS/c10-9-2-1-8-6-11-4-3-7(8)5-9/h7-8H,1-6H2/t7-,8-/m1/s1. The molecule has 11 heavy (non-hydrogen) atoms. The summed E-state index contributed by atoms with van der Waals surface area (Å²) in [5, 5.41) is 0. The second kappa shape index (κ2) is 3.18. The summed E-state index contributed by atoms with van der Waals surface area (Å²) in [6.45, 7) is 0. The van der Waals surface area contributed by atoms with Crippen molar-refractivity contribution in [2.24, 2.45) is 11.8 Å². The minimum absolute atomic E-state index is 0.512. The van der Waals surface area contributed by atoms with E-state index in [1.54, 1.807) is 0 Å². The van der Waals surface area contributed by atoms with Crippen molar-refractivity contribution in [2.75, 3.05) is 11.5 Å². The Labute approximate surface area is 71.9 Å². The topological polar surface area (TPSA) is 17.1 Å². The van der Waals surface area contributed by atoms with Gasteiger partial charge in [-0.1, -0.05) is 0 Å². The smallest absolute Gasteiger partial charge is 0.133 e. The van der Waals surface area contributed by atoms with E-state index in [9.17, 15) is 4.79 Å². The lowest BCUT2D eigenvalue weighted by molar-refractivity contribution is -0.122. The van der Waals surface area contributed by atoms with Gasteiger partial charge in [0.1, 0.15) is 5.78 Å². The summed E-state index contributed by atoms with van der Waals surface area (Å²) in [5.74, 6) is 4.76. The first-order valence-electron chi connectivity index (χ1n) is 4.45. The molecule has 0 bridgehead atoms. The van der Waals surface area contributed by atoms with E-state index in [2.05, 4.69) is 11.8 Å². The number of hydrogen-bond acceptors (Lipinski definition) is 2. The number of thioether (sulfide) groups is 1. The van der Waals surface area contributed by atoms with Crippen LogP contribution < -0.4 is 0 Å². The lowest BCUT2D eigenvalue weighted by atomic mass is 9.78. The quantitative estimate of drug-likeness (QED) is 0.554. The van der Waals surface area contributed by atoms with Gasteiger partial charge in [-0.2, -0.15) is 11.8 Å². The number of hydrogen-bond donors (Lipinski definition) is 0. The number of ketones is 1. The number of fused-ring (bicyclic) bond motifs is 1. The highest BCUT2D eigenvalue weighted by Gasteiger charge is 2.31. The minimum atomic E-state index is 0.512. The Bertz CT molecular complexity index is 167. The summed E-state index contributed by atoms with van der Waals surface area (Å²) in [5.41, 5.74) is 0. The second-order valence-corrected chi connectivity index (χ2v) is 4.82. The highest BCUT2D eigenvalue weighted by molar-refractivity contribution is 7.99. The van der Waals surface area contributed by atoms with Gasteiger partial charge in [-0.3, -0.25) is 4.79 Å². The van der Waals surface area contributed by atoms with E-state index in [4.69, 9.17) is 0 Å². The Morgan fingerprint density at radius 2 is 2.18 bits per heavy atom. The van der Waals surface area contributed by atoms with E-state index in [0.717, 1.165) is 24.7 Å². The Morgan fingerprint density at radius 1 is 1.27 bits per heavy atom. The normalized spacial score (nSPS) is 38.4. The molecule has 62 valence electrons. The molecule has 2 rings (SSSR count). The van der Waals surface area contributed by atoms with Crippen LogP contribution in [0.15, 0.2) is 0 Å². The molecule has 0 unspecified atom stereocenters. The molecule has 0 radical (unpaired) electrons. The summed E-state index contributed by atoms with van der Waals surface area (Å²) in [4.78, 5) is 11.1. The van der Waals surface area contributed by atoms with Crippen molar-refractivity contribution in [1.29, 1.82) is 0 Å². The van der Waals surface area contributed by atoms with Crippen molar-refractivity contribution in [3.63, 3.8) is 0 Å². The number of carbonyl (C=O) groups is 1. The van der Waals surface area contributed by atoms with Crippen LogP contribution in [0.4, 0.5) is 0 Å². The molecule has 1 aliphatic heterocycles. The predicted octanol–water partition coefficient (Wildman–Crippen LogP) is 2.11. The summed E-state index contributed by atoms with van der Waals surface area (Å²) < 4.78 is 0. The van der Waals surface area contributed by atoms with Crippen LogP contribution in [0.3, 0.4) is 0 Å². The van der Waals surface area contributed by atoms with E-state index in [1.165, 1.54) is 24.3 Å². The lowest BCUT2D eigenvalue weighted by Crippen LogP contribution is -2.29. The Hall–Kier alpha value is 0.0200. The molecule has 0 spiro atoms. The maximum absolute atomic E-state index is 11.1. The largest absolute Gasteiger partial charge is 0.300 e. The molecule has 1 nitrogen and oxygen atoms in total. The van der Waals surface area contributed by atoms with Gasteiger partial charge in [-0.25, -0.2) is 0 Å². The fraction of sp³-hybridized carbons (Fsp3) is 0.889. The van der Waals surface area contributed by atoms with Gasteiger partial charge in [0.15, 0.2) is 0 Å². The molecular weight excluding hydrogens is 156 g/mol. The molecule has 1 aliphatic carbocycles. The zero-order chi connectivity index (χ0) is 7.68. The van der Waals surface area contributed by atoms with Crippen molar-refractivity contribution in [2.45, 2.75) is 25.7 Å². The maximum atomic E-state index is 11.1. The third-order valence-corrected chi connectivity index (χ3v) is 4.10. The monoisotopic (exact) mass is 170 g/mol. The Kier molecular flexibility index (Phi) is 2.21. The first-order chi connectivity index (χ1) is 5.36. The van der Waals surface area contributed by atoms with Crippen LogP contribution in [0.25, 0.3) is 0 Å². The molecule has 0 amide bonds. The molecule has 1 saturated carbocycles. The maximum Gasteiger partial charge on any atom is 0.133 e. The average Bonchev–Trinajstić information content (AvgIpc) is 2.04. The summed E-state index contributed by atoms with van der Waals surface area (Å²) in [6.07, 6.45) is 4.23. The van der Waals surface area contributed by atoms with Crippen LogP contribution in [0.5, 0.6) is 0 Å². The molecule has 0 aromatic carbocycles. The minimum Gasteiger partial charge on any atom is -0.300 e. The van der Waals surface area contributed by atoms with Crippen LogP contribution in [-0.2, 0) is 4.79 Å². The SMILES string of the molecule is O=C1CC[C@@H]2CSCC[C@@H]2C1. The van der Waals surface area contributed by atoms with Gasteiger partial charge in [0.05, 0.1) is 0 Å². The molecule has 2 aliphatic rings. The van der Waals surface area contributed by atoms with E-state index >= 15 is 0 Å². The van der Waals surface area contributed by atoms with Gasteiger partial charge in [0, 0.05) is 12.8 Å². The van der Waals surface area contributed by atoms with Gasteiger partial charge < -0.3 is 0 Å². The third kappa shape index (κ3) is 1.61. The Balaban J connectivity index is 1.98. The van der Waals surface area contributed by atoms with Crippen LogP contribution in [0, 0.1) is 11.8 Å². The summed E-state index contributed by atoms with van der Waals surface area (Å²) in [7, 11) is 0. The average molecular weight is 170 g/mol. The first kappa shape index (κ1) is 7.66. The van der Waals surface area contributed by atoms with Gasteiger partial charge in [0.25, 0.3) is 0 Å². The van der Waals surface area contributed by atoms with Gasteiger partial charge in [-0.05, 0) is 36.2 Å². The third-order valence-electron chi connectivity index (χ3n) is 2.92. The molecule has 1 saturated heterocycles. The fourth-order valence-corrected chi connectivity index (χ4v) is 3.55. The van der Waals surface area contributed by atoms with E-state index in [-0.39, 0.29) is 0 Å². The second-order valence-electron chi connectivity index (χ2n) is 3.67. The lowest BCUT2D eigenvalue weighted by Gasteiger charge is -2.34. The number of Topliss-reactive ketones (excluding diaryl/α,β-unsaturated/α-hetero) is 1. The molecule has 1 heterocycles.